The van der Waals surface area contributed by atoms with Gasteiger partial charge in [0.25, 0.3) is 5.91 Å². The first kappa shape index (κ1) is 12.9. The number of benzene rings is 1. The van der Waals surface area contributed by atoms with Crippen molar-refractivity contribution in [3.63, 3.8) is 0 Å². The van der Waals surface area contributed by atoms with E-state index >= 15 is 0 Å². The van der Waals surface area contributed by atoms with Crippen LogP contribution in [0.5, 0.6) is 0 Å². The van der Waals surface area contributed by atoms with Crippen molar-refractivity contribution in [3.8, 4) is 0 Å². The van der Waals surface area contributed by atoms with Gasteiger partial charge in [-0.3, -0.25) is 4.79 Å². The van der Waals surface area contributed by atoms with Crippen LogP contribution in [0, 0.1) is 0 Å². The Labute approximate surface area is 117 Å². The number of carbonyl (C=O) groups excluding carboxylic acids is 1. The highest BCUT2D eigenvalue weighted by Gasteiger charge is 2.20. The number of imidazole rings is 1. The van der Waals surface area contributed by atoms with Crippen molar-refractivity contribution in [1.82, 2.24) is 14.9 Å². The average molecular weight is 273 g/mol. The number of hydrogen-bond donors (Lipinski definition) is 2. The third-order valence-electron chi connectivity index (χ3n) is 3.74. The van der Waals surface area contributed by atoms with Crippen molar-refractivity contribution in [1.29, 1.82) is 0 Å². The molecule has 0 atom stereocenters. The molecule has 1 amide bonds. The van der Waals surface area contributed by atoms with Crippen LogP contribution in [0.2, 0.25) is 0 Å². The summed E-state index contributed by atoms with van der Waals surface area (Å²) < 4.78 is 2.15. The number of nitrogens with one attached hydrogen (secondary N) is 1. The van der Waals surface area contributed by atoms with Crippen molar-refractivity contribution in [2.24, 2.45) is 5.73 Å². The van der Waals surface area contributed by atoms with E-state index in [4.69, 9.17) is 5.73 Å². The topological polar surface area (TPSA) is 76.2 Å². The molecule has 3 N–H and O–H groups in total. The normalized spacial score (nSPS) is 15.8. The fourth-order valence-electron chi connectivity index (χ4n) is 2.75. The summed E-state index contributed by atoms with van der Waals surface area (Å²) in [5.74, 6) is 0.501. The number of anilines is 1. The number of piperazine rings is 1. The number of fused-ring (bicyclic) bond motifs is 1. The quantitative estimate of drug-likeness (QED) is 0.857. The van der Waals surface area contributed by atoms with Gasteiger partial charge < -0.3 is 20.5 Å². The Balaban J connectivity index is 2.16. The first-order valence-electron chi connectivity index (χ1n) is 6.97. The van der Waals surface area contributed by atoms with E-state index in [0.29, 0.717) is 11.1 Å². The highest BCUT2D eigenvalue weighted by atomic mass is 16.1. The van der Waals surface area contributed by atoms with Crippen LogP contribution in [0.15, 0.2) is 18.2 Å². The highest BCUT2D eigenvalue weighted by molar-refractivity contribution is 6.04. The summed E-state index contributed by atoms with van der Waals surface area (Å²) in [4.78, 5) is 18.5. The van der Waals surface area contributed by atoms with Crippen LogP contribution in [0.3, 0.4) is 0 Å². The molecule has 1 aromatic carbocycles. The molecule has 0 bridgehead atoms. The van der Waals surface area contributed by atoms with Gasteiger partial charge in [0.2, 0.25) is 5.95 Å². The van der Waals surface area contributed by atoms with Gasteiger partial charge in [0, 0.05) is 32.7 Å². The summed E-state index contributed by atoms with van der Waals surface area (Å²) in [6.07, 6.45) is 0. The van der Waals surface area contributed by atoms with E-state index < -0.39 is 5.91 Å². The maximum Gasteiger partial charge on any atom is 0.250 e. The summed E-state index contributed by atoms with van der Waals surface area (Å²) in [5.41, 5.74) is 7.61. The molecular weight excluding hydrogens is 254 g/mol. The van der Waals surface area contributed by atoms with Crippen LogP contribution in [0.4, 0.5) is 5.95 Å². The summed E-state index contributed by atoms with van der Waals surface area (Å²) in [6.45, 7) is 6.66. The van der Waals surface area contributed by atoms with E-state index in [0.717, 1.165) is 44.2 Å². The Kier molecular flexibility index (Phi) is 3.31. The number of nitrogens with two attached hydrogens (primary N) is 1. The second-order valence-corrected chi connectivity index (χ2v) is 4.93. The van der Waals surface area contributed by atoms with Crippen molar-refractivity contribution in [3.05, 3.63) is 23.8 Å². The van der Waals surface area contributed by atoms with Crippen LogP contribution in [0.25, 0.3) is 11.0 Å². The lowest BCUT2D eigenvalue weighted by atomic mass is 10.2. The van der Waals surface area contributed by atoms with Crippen molar-refractivity contribution in [2.45, 2.75) is 13.5 Å². The zero-order valence-electron chi connectivity index (χ0n) is 11.6. The van der Waals surface area contributed by atoms with E-state index in [2.05, 4.69) is 26.7 Å². The van der Waals surface area contributed by atoms with Gasteiger partial charge in [0.1, 0.15) is 5.52 Å². The number of nitrogens with zero attached hydrogens (tertiary/aromatic N) is 3. The van der Waals surface area contributed by atoms with Crippen LogP contribution in [-0.2, 0) is 6.54 Å². The molecule has 1 saturated heterocycles. The van der Waals surface area contributed by atoms with Crippen LogP contribution in [-0.4, -0.2) is 41.6 Å². The fraction of sp³-hybridized carbons (Fsp3) is 0.429. The summed E-state index contributed by atoms with van der Waals surface area (Å²) in [5, 5.41) is 3.33. The zero-order valence-corrected chi connectivity index (χ0v) is 11.6. The number of hydrogen-bond acceptors (Lipinski definition) is 4. The molecule has 1 aromatic heterocycles. The number of rotatable bonds is 3. The first-order chi connectivity index (χ1) is 9.72. The van der Waals surface area contributed by atoms with Gasteiger partial charge in [0.05, 0.1) is 11.1 Å². The number of amides is 1. The molecule has 1 aliphatic rings. The molecule has 3 rings (SSSR count). The molecule has 2 heterocycles. The Morgan fingerprint density at radius 3 is 2.80 bits per heavy atom. The molecule has 1 fully saturated rings. The van der Waals surface area contributed by atoms with Crippen molar-refractivity contribution in [2.75, 3.05) is 31.1 Å². The molecule has 0 unspecified atom stereocenters. The Morgan fingerprint density at radius 1 is 1.40 bits per heavy atom. The van der Waals surface area contributed by atoms with Gasteiger partial charge in [-0.25, -0.2) is 4.98 Å². The molecule has 6 heteroatoms. The summed E-state index contributed by atoms with van der Waals surface area (Å²) in [6, 6.07) is 5.58. The Hall–Kier alpha value is -2.08. The van der Waals surface area contributed by atoms with E-state index in [1.165, 1.54) is 0 Å². The van der Waals surface area contributed by atoms with E-state index in [-0.39, 0.29) is 0 Å². The van der Waals surface area contributed by atoms with Gasteiger partial charge in [-0.15, -0.1) is 0 Å². The molecule has 1 aliphatic heterocycles. The number of aromatic nitrogens is 2. The van der Waals surface area contributed by atoms with Crippen LogP contribution < -0.4 is 16.0 Å². The highest BCUT2D eigenvalue weighted by Crippen LogP contribution is 2.25. The van der Waals surface area contributed by atoms with E-state index in [1.54, 1.807) is 6.07 Å². The minimum atomic E-state index is -0.428. The number of aryl methyl sites for hydroxylation is 1. The predicted octanol–water partition coefficient (Wildman–Crippen LogP) is 0.565. The maximum absolute atomic E-state index is 11.5. The molecule has 6 nitrogen and oxygen atoms in total. The zero-order chi connectivity index (χ0) is 14.1. The monoisotopic (exact) mass is 273 g/mol. The third kappa shape index (κ3) is 2.02. The largest absolute Gasteiger partial charge is 0.366 e. The SMILES string of the molecule is CCn1c(N2CCNCC2)nc2c(C(N)=O)cccc21. The molecule has 2 aromatic rings. The third-order valence-corrected chi connectivity index (χ3v) is 3.74. The Bertz CT molecular complexity index is 642. The van der Waals surface area contributed by atoms with Gasteiger partial charge >= 0.3 is 0 Å². The Morgan fingerprint density at radius 2 is 2.15 bits per heavy atom. The van der Waals surface area contributed by atoms with Crippen LogP contribution in [0.1, 0.15) is 17.3 Å². The molecular formula is C14H19N5O. The standard InChI is InChI=1S/C14H19N5O/c1-2-19-11-5-3-4-10(13(15)20)12(11)17-14(19)18-8-6-16-7-9-18/h3-5,16H,2,6-9H2,1H3,(H2,15,20). The summed E-state index contributed by atoms with van der Waals surface area (Å²) in [7, 11) is 0. The first-order valence-corrected chi connectivity index (χ1v) is 6.97. The van der Waals surface area contributed by atoms with Crippen molar-refractivity contribution < 1.29 is 4.79 Å². The minimum Gasteiger partial charge on any atom is -0.366 e. The lowest BCUT2D eigenvalue weighted by Gasteiger charge is -2.28. The van der Waals surface area contributed by atoms with Gasteiger partial charge in [-0.05, 0) is 19.1 Å². The van der Waals surface area contributed by atoms with E-state index in [1.807, 2.05) is 12.1 Å². The molecule has 106 valence electrons. The smallest absolute Gasteiger partial charge is 0.250 e. The lowest BCUT2D eigenvalue weighted by Crippen LogP contribution is -2.44. The van der Waals surface area contributed by atoms with Gasteiger partial charge in [-0.2, -0.15) is 0 Å². The fourth-order valence-corrected chi connectivity index (χ4v) is 2.75. The van der Waals surface area contributed by atoms with E-state index in [9.17, 15) is 4.79 Å². The van der Waals surface area contributed by atoms with Crippen LogP contribution >= 0.6 is 0 Å². The average Bonchev–Trinajstić information content (AvgIpc) is 2.86. The number of para-hydroxylation sites is 1. The molecule has 20 heavy (non-hydrogen) atoms. The summed E-state index contributed by atoms with van der Waals surface area (Å²) >= 11 is 0. The van der Waals surface area contributed by atoms with Gasteiger partial charge in [0.15, 0.2) is 0 Å². The number of carbonyl (C=O) groups is 1. The molecule has 0 aliphatic carbocycles. The number of primary amides is 1. The predicted molar refractivity (Wildman–Crippen MR) is 79.0 cm³/mol. The van der Waals surface area contributed by atoms with Crippen molar-refractivity contribution >= 4 is 22.9 Å². The lowest BCUT2D eigenvalue weighted by molar-refractivity contribution is 0.100. The molecule has 0 saturated carbocycles. The molecule has 0 spiro atoms. The van der Waals surface area contributed by atoms with Gasteiger partial charge in [-0.1, -0.05) is 6.07 Å². The minimum absolute atomic E-state index is 0.428. The maximum atomic E-state index is 11.5. The second-order valence-electron chi connectivity index (χ2n) is 4.93. The molecule has 0 radical (unpaired) electrons. The second kappa shape index (κ2) is 5.13.